The van der Waals surface area contributed by atoms with Gasteiger partial charge >= 0.3 is 0 Å². The highest BCUT2D eigenvalue weighted by molar-refractivity contribution is 7.17. The van der Waals surface area contributed by atoms with E-state index in [1.54, 1.807) is 0 Å². The van der Waals surface area contributed by atoms with Crippen molar-refractivity contribution in [1.82, 2.24) is 15.2 Å². The summed E-state index contributed by atoms with van der Waals surface area (Å²) < 4.78 is 0. The number of carbonyl (C=O) groups excluding carboxylic acids is 2. The fourth-order valence-corrected chi connectivity index (χ4v) is 4.71. The lowest BCUT2D eigenvalue weighted by molar-refractivity contribution is -0.127. The topological polar surface area (TPSA) is 62.3 Å². The number of piperidine rings is 1. The van der Waals surface area contributed by atoms with E-state index in [4.69, 9.17) is 0 Å². The van der Waals surface area contributed by atoms with Crippen molar-refractivity contribution in [2.24, 2.45) is 11.8 Å². The molecule has 2 aromatic rings. The third-order valence-corrected chi connectivity index (χ3v) is 6.58. The minimum absolute atomic E-state index is 0.0190. The third kappa shape index (κ3) is 4.61. The summed E-state index contributed by atoms with van der Waals surface area (Å²) in [5, 5.41) is 3.88. The molecule has 28 heavy (non-hydrogen) atoms. The fourth-order valence-electron chi connectivity index (χ4n) is 3.68. The van der Waals surface area contributed by atoms with E-state index in [1.165, 1.54) is 11.3 Å². The van der Waals surface area contributed by atoms with Crippen LogP contribution < -0.4 is 5.32 Å². The van der Waals surface area contributed by atoms with E-state index in [2.05, 4.69) is 10.3 Å². The van der Waals surface area contributed by atoms with Crippen molar-refractivity contribution < 1.29 is 9.59 Å². The molecule has 0 spiro atoms. The molecule has 1 aromatic heterocycles. The molecule has 1 aliphatic rings. The van der Waals surface area contributed by atoms with Gasteiger partial charge in [0.2, 0.25) is 5.91 Å². The molecule has 1 fully saturated rings. The minimum Gasteiger partial charge on any atom is -0.354 e. The lowest BCUT2D eigenvalue weighted by Crippen LogP contribution is -2.43. The van der Waals surface area contributed by atoms with Crippen LogP contribution in [0.25, 0.3) is 10.6 Å². The van der Waals surface area contributed by atoms with Crippen LogP contribution in [0.2, 0.25) is 0 Å². The van der Waals surface area contributed by atoms with E-state index in [0.29, 0.717) is 19.0 Å². The van der Waals surface area contributed by atoms with Gasteiger partial charge in [-0.1, -0.05) is 37.3 Å². The lowest BCUT2D eigenvalue weighted by Gasteiger charge is -2.34. The molecule has 1 aliphatic heterocycles. The average molecular weight is 400 g/mol. The average Bonchev–Trinajstić information content (AvgIpc) is 3.09. The van der Waals surface area contributed by atoms with Crippen LogP contribution in [0.15, 0.2) is 30.3 Å². The van der Waals surface area contributed by atoms with Gasteiger partial charge in [0, 0.05) is 30.6 Å². The number of hydrogen-bond acceptors (Lipinski definition) is 4. The van der Waals surface area contributed by atoms with Crippen LogP contribution in [0, 0.1) is 18.8 Å². The number of nitrogens with zero attached hydrogens (tertiary/aromatic N) is 2. The largest absolute Gasteiger partial charge is 0.354 e. The Labute approximate surface area is 171 Å². The van der Waals surface area contributed by atoms with Gasteiger partial charge < -0.3 is 10.2 Å². The molecule has 2 amide bonds. The second kappa shape index (κ2) is 8.86. The highest BCUT2D eigenvalue weighted by Gasteiger charge is 2.31. The normalized spacial score (nSPS) is 16.2. The Hall–Kier alpha value is -2.21. The number of likely N-dealkylation sites (tertiary alicyclic amines) is 1. The predicted octanol–water partition coefficient (Wildman–Crippen LogP) is 4.13. The summed E-state index contributed by atoms with van der Waals surface area (Å²) in [5.74, 6) is 0.486. The maximum absolute atomic E-state index is 13.0. The van der Waals surface area contributed by atoms with Crippen molar-refractivity contribution in [1.29, 1.82) is 0 Å². The second-order valence-corrected chi connectivity index (χ2v) is 8.88. The van der Waals surface area contributed by atoms with Crippen LogP contribution >= 0.6 is 11.3 Å². The van der Waals surface area contributed by atoms with Gasteiger partial charge in [0.15, 0.2) is 0 Å². The Morgan fingerprint density at radius 1 is 1.14 bits per heavy atom. The van der Waals surface area contributed by atoms with Crippen LogP contribution in [0.1, 0.15) is 49.0 Å². The molecule has 1 aromatic carbocycles. The SMILES string of the molecule is Cc1nc(-c2ccccc2)sc1C(=O)N1CCC([C@@H](C)C(=O)NC(C)C)CC1. The summed E-state index contributed by atoms with van der Waals surface area (Å²) in [4.78, 5) is 32.6. The maximum Gasteiger partial charge on any atom is 0.265 e. The minimum atomic E-state index is -0.0190. The van der Waals surface area contributed by atoms with Crippen molar-refractivity contribution in [3.8, 4) is 10.6 Å². The lowest BCUT2D eigenvalue weighted by atomic mass is 9.84. The van der Waals surface area contributed by atoms with Gasteiger partial charge in [0.05, 0.1) is 5.69 Å². The van der Waals surface area contributed by atoms with Crippen molar-refractivity contribution in [3.63, 3.8) is 0 Å². The third-order valence-electron chi connectivity index (χ3n) is 5.39. The Balaban J connectivity index is 1.63. The number of carbonyl (C=O) groups is 2. The molecule has 1 atom stereocenters. The summed E-state index contributed by atoms with van der Waals surface area (Å²) in [6.45, 7) is 9.25. The molecule has 0 bridgehead atoms. The Bertz CT molecular complexity index is 824. The number of aryl methyl sites for hydroxylation is 1. The first-order chi connectivity index (χ1) is 13.4. The summed E-state index contributed by atoms with van der Waals surface area (Å²) in [6, 6.07) is 10.1. The number of aromatic nitrogens is 1. The first-order valence-electron chi connectivity index (χ1n) is 9.99. The van der Waals surface area contributed by atoms with Gasteiger partial charge in [-0.15, -0.1) is 11.3 Å². The van der Waals surface area contributed by atoms with Crippen LogP contribution in [-0.4, -0.2) is 40.8 Å². The number of amides is 2. The zero-order valence-corrected chi connectivity index (χ0v) is 17.9. The van der Waals surface area contributed by atoms with Gasteiger partial charge in [0.25, 0.3) is 5.91 Å². The summed E-state index contributed by atoms with van der Waals surface area (Å²) >= 11 is 1.47. The van der Waals surface area contributed by atoms with Crippen molar-refractivity contribution >= 4 is 23.2 Å². The van der Waals surface area contributed by atoms with Crippen molar-refractivity contribution in [3.05, 3.63) is 40.9 Å². The first kappa shape index (κ1) is 20.5. The predicted molar refractivity (Wildman–Crippen MR) is 113 cm³/mol. The number of thiazole rings is 1. The van der Waals surface area contributed by atoms with Crippen molar-refractivity contribution in [2.45, 2.75) is 46.6 Å². The van der Waals surface area contributed by atoms with Crippen LogP contribution in [0.3, 0.4) is 0 Å². The van der Waals surface area contributed by atoms with Gasteiger partial charge in [-0.05, 0) is 39.5 Å². The summed E-state index contributed by atoms with van der Waals surface area (Å²) in [5.41, 5.74) is 1.83. The van der Waals surface area contributed by atoms with E-state index in [0.717, 1.165) is 34.0 Å². The van der Waals surface area contributed by atoms with E-state index < -0.39 is 0 Å². The van der Waals surface area contributed by atoms with E-state index in [1.807, 2.05) is 62.9 Å². The molecule has 1 N–H and O–H groups in total. The molecule has 2 heterocycles. The first-order valence-corrected chi connectivity index (χ1v) is 10.8. The Morgan fingerprint density at radius 3 is 2.39 bits per heavy atom. The standard InChI is InChI=1S/C22H29N3O2S/c1-14(2)23-20(26)15(3)17-10-12-25(13-11-17)22(27)19-16(4)24-21(28-19)18-8-6-5-7-9-18/h5-9,14-15,17H,10-13H2,1-4H3,(H,23,26)/t15-/m1/s1. The highest BCUT2D eigenvalue weighted by atomic mass is 32.1. The smallest absolute Gasteiger partial charge is 0.265 e. The second-order valence-electron chi connectivity index (χ2n) is 7.88. The van der Waals surface area contributed by atoms with Crippen LogP contribution in [-0.2, 0) is 4.79 Å². The maximum atomic E-state index is 13.0. The highest BCUT2D eigenvalue weighted by Crippen LogP contribution is 2.31. The molecule has 5 nitrogen and oxygen atoms in total. The molecule has 150 valence electrons. The monoisotopic (exact) mass is 399 g/mol. The number of hydrogen-bond donors (Lipinski definition) is 1. The van der Waals surface area contributed by atoms with Crippen LogP contribution in [0.5, 0.6) is 0 Å². The van der Waals surface area contributed by atoms with E-state index >= 15 is 0 Å². The Kier molecular flexibility index (Phi) is 6.50. The summed E-state index contributed by atoms with van der Waals surface area (Å²) in [6.07, 6.45) is 1.73. The number of nitrogens with one attached hydrogen (secondary N) is 1. The summed E-state index contributed by atoms with van der Waals surface area (Å²) in [7, 11) is 0. The zero-order chi connectivity index (χ0) is 20.3. The molecule has 0 radical (unpaired) electrons. The van der Waals surface area contributed by atoms with Crippen LogP contribution in [0.4, 0.5) is 0 Å². The molecular formula is C22H29N3O2S. The van der Waals surface area contributed by atoms with Gasteiger partial charge in [-0.25, -0.2) is 4.98 Å². The molecule has 0 saturated carbocycles. The van der Waals surface area contributed by atoms with Gasteiger partial charge in [-0.3, -0.25) is 9.59 Å². The van der Waals surface area contributed by atoms with Gasteiger partial charge in [-0.2, -0.15) is 0 Å². The zero-order valence-electron chi connectivity index (χ0n) is 17.1. The fraction of sp³-hybridized carbons (Fsp3) is 0.500. The molecule has 0 aliphatic carbocycles. The number of benzene rings is 1. The molecule has 1 saturated heterocycles. The quantitative estimate of drug-likeness (QED) is 0.822. The molecule has 3 rings (SSSR count). The van der Waals surface area contributed by atoms with E-state index in [9.17, 15) is 9.59 Å². The van der Waals surface area contributed by atoms with Gasteiger partial charge in [0.1, 0.15) is 9.88 Å². The number of rotatable bonds is 5. The molecular weight excluding hydrogens is 370 g/mol. The Morgan fingerprint density at radius 2 is 1.79 bits per heavy atom. The van der Waals surface area contributed by atoms with Crippen molar-refractivity contribution in [2.75, 3.05) is 13.1 Å². The van der Waals surface area contributed by atoms with E-state index in [-0.39, 0.29) is 23.8 Å². The molecule has 0 unspecified atom stereocenters. The molecule has 6 heteroatoms.